The van der Waals surface area contributed by atoms with E-state index in [1.54, 1.807) is 36.5 Å². The molecule has 22 heavy (non-hydrogen) atoms. The molecule has 2 aromatic carbocycles. The summed E-state index contributed by atoms with van der Waals surface area (Å²) >= 11 is 12.1. The van der Waals surface area contributed by atoms with E-state index in [9.17, 15) is 8.78 Å². The predicted octanol–water partition coefficient (Wildman–Crippen LogP) is 6.00. The van der Waals surface area contributed by atoms with E-state index in [2.05, 4.69) is 4.98 Å². The van der Waals surface area contributed by atoms with Crippen molar-refractivity contribution in [1.29, 1.82) is 0 Å². The molecule has 0 unspecified atom stereocenters. The molecule has 0 fully saturated rings. The first kappa shape index (κ1) is 14.9. The van der Waals surface area contributed by atoms with E-state index in [1.165, 1.54) is 12.1 Å². The van der Waals surface area contributed by atoms with Crippen molar-refractivity contribution in [3.63, 3.8) is 0 Å². The van der Waals surface area contributed by atoms with Crippen molar-refractivity contribution in [2.45, 2.75) is 0 Å². The fourth-order valence-electron chi connectivity index (χ4n) is 2.18. The van der Waals surface area contributed by atoms with Crippen LogP contribution in [0.5, 0.6) is 0 Å². The Labute approximate surface area is 136 Å². The van der Waals surface area contributed by atoms with Gasteiger partial charge in [-0.1, -0.05) is 29.3 Å². The summed E-state index contributed by atoms with van der Waals surface area (Å²) in [5.41, 5.74) is 2.38. The molecule has 0 amide bonds. The Bertz CT molecular complexity index is 830. The van der Waals surface area contributed by atoms with Gasteiger partial charge in [-0.05, 0) is 42.0 Å². The first-order valence-electron chi connectivity index (χ1n) is 6.41. The van der Waals surface area contributed by atoms with Gasteiger partial charge in [-0.3, -0.25) is 4.98 Å². The Morgan fingerprint density at radius 2 is 1.50 bits per heavy atom. The van der Waals surface area contributed by atoms with Crippen molar-refractivity contribution in [3.8, 4) is 22.4 Å². The van der Waals surface area contributed by atoms with Crippen LogP contribution >= 0.6 is 23.2 Å². The third-order valence-corrected chi connectivity index (χ3v) is 3.71. The van der Waals surface area contributed by atoms with E-state index in [0.29, 0.717) is 21.3 Å². The molecular formula is C17H9Cl2F2N. The number of hydrogen-bond acceptors (Lipinski definition) is 1. The molecule has 0 bridgehead atoms. The van der Waals surface area contributed by atoms with Crippen LogP contribution in [0.15, 0.2) is 54.7 Å². The summed E-state index contributed by atoms with van der Waals surface area (Å²) in [7, 11) is 0. The summed E-state index contributed by atoms with van der Waals surface area (Å²) in [4.78, 5) is 4.16. The molecule has 1 aromatic heterocycles. The maximum absolute atomic E-state index is 13.3. The van der Waals surface area contributed by atoms with Gasteiger partial charge in [0.1, 0.15) is 11.6 Å². The molecule has 0 radical (unpaired) electrons. The molecule has 1 nitrogen and oxygen atoms in total. The normalized spacial score (nSPS) is 10.7. The SMILES string of the molecule is Fc1cc(F)cc(-c2cc(-c3ccc(Cl)cc3Cl)ccn2)c1. The number of benzene rings is 2. The maximum atomic E-state index is 13.3. The lowest BCUT2D eigenvalue weighted by Gasteiger charge is -2.08. The van der Waals surface area contributed by atoms with Gasteiger partial charge in [-0.2, -0.15) is 0 Å². The number of rotatable bonds is 2. The van der Waals surface area contributed by atoms with Crippen molar-refractivity contribution in [2.24, 2.45) is 0 Å². The summed E-state index contributed by atoms with van der Waals surface area (Å²) in [6, 6.07) is 11.9. The highest BCUT2D eigenvalue weighted by Gasteiger charge is 2.09. The lowest BCUT2D eigenvalue weighted by molar-refractivity contribution is 0.584. The van der Waals surface area contributed by atoms with E-state index in [0.717, 1.165) is 17.2 Å². The average molecular weight is 336 g/mol. The van der Waals surface area contributed by atoms with Gasteiger partial charge in [-0.15, -0.1) is 0 Å². The van der Waals surface area contributed by atoms with Crippen molar-refractivity contribution in [3.05, 3.63) is 76.4 Å². The number of nitrogens with zero attached hydrogens (tertiary/aromatic N) is 1. The van der Waals surface area contributed by atoms with Crippen molar-refractivity contribution >= 4 is 23.2 Å². The topological polar surface area (TPSA) is 12.9 Å². The minimum Gasteiger partial charge on any atom is -0.256 e. The van der Waals surface area contributed by atoms with E-state index in [4.69, 9.17) is 23.2 Å². The second-order valence-electron chi connectivity index (χ2n) is 4.71. The summed E-state index contributed by atoms with van der Waals surface area (Å²) < 4.78 is 26.7. The van der Waals surface area contributed by atoms with Gasteiger partial charge in [0.2, 0.25) is 0 Å². The molecule has 1 heterocycles. The average Bonchev–Trinajstić information content (AvgIpc) is 2.46. The highest BCUT2D eigenvalue weighted by atomic mass is 35.5. The predicted molar refractivity (Wildman–Crippen MR) is 85.0 cm³/mol. The second kappa shape index (κ2) is 6.03. The van der Waals surface area contributed by atoms with Crippen LogP contribution in [0.3, 0.4) is 0 Å². The molecule has 3 aromatic rings. The number of hydrogen-bond donors (Lipinski definition) is 0. The number of aromatic nitrogens is 1. The standard InChI is InChI=1S/C17H9Cl2F2N/c18-12-1-2-15(16(19)8-12)10-3-4-22-17(7-10)11-5-13(20)9-14(21)6-11/h1-9H. The fraction of sp³-hybridized carbons (Fsp3) is 0. The smallest absolute Gasteiger partial charge is 0.126 e. The molecule has 0 aliphatic heterocycles. The van der Waals surface area contributed by atoms with E-state index >= 15 is 0 Å². The molecule has 0 saturated carbocycles. The molecule has 0 N–H and O–H groups in total. The molecule has 0 atom stereocenters. The van der Waals surface area contributed by atoms with Crippen molar-refractivity contribution in [2.75, 3.05) is 0 Å². The van der Waals surface area contributed by atoms with Gasteiger partial charge in [0.15, 0.2) is 0 Å². The lowest BCUT2D eigenvalue weighted by Crippen LogP contribution is -1.89. The Morgan fingerprint density at radius 3 is 2.18 bits per heavy atom. The van der Waals surface area contributed by atoms with Crippen molar-refractivity contribution < 1.29 is 8.78 Å². The van der Waals surface area contributed by atoms with Crippen LogP contribution < -0.4 is 0 Å². The van der Waals surface area contributed by atoms with Gasteiger partial charge in [0.05, 0.1) is 5.69 Å². The Kier molecular flexibility index (Phi) is 4.10. The molecule has 0 spiro atoms. The minimum atomic E-state index is -0.647. The molecule has 3 rings (SSSR count). The molecule has 110 valence electrons. The zero-order valence-electron chi connectivity index (χ0n) is 11.2. The van der Waals surface area contributed by atoms with Gasteiger partial charge in [-0.25, -0.2) is 8.78 Å². The molecule has 0 saturated heterocycles. The molecule has 0 aliphatic carbocycles. The highest BCUT2D eigenvalue weighted by molar-refractivity contribution is 6.36. The van der Waals surface area contributed by atoms with Gasteiger partial charge >= 0.3 is 0 Å². The van der Waals surface area contributed by atoms with E-state index in [-0.39, 0.29) is 0 Å². The van der Waals surface area contributed by atoms with E-state index in [1.807, 2.05) is 0 Å². The van der Waals surface area contributed by atoms with Gasteiger partial charge in [0, 0.05) is 33.4 Å². The fourth-order valence-corrected chi connectivity index (χ4v) is 2.70. The minimum absolute atomic E-state index is 0.365. The van der Waals surface area contributed by atoms with Crippen LogP contribution in [-0.4, -0.2) is 4.98 Å². The zero-order chi connectivity index (χ0) is 15.7. The van der Waals surface area contributed by atoms with Crippen molar-refractivity contribution in [1.82, 2.24) is 4.98 Å². The first-order valence-corrected chi connectivity index (χ1v) is 7.16. The first-order chi connectivity index (χ1) is 10.5. The Morgan fingerprint density at radius 1 is 0.773 bits per heavy atom. The van der Waals surface area contributed by atoms with Crippen LogP contribution in [0.4, 0.5) is 8.78 Å². The lowest BCUT2D eigenvalue weighted by atomic mass is 10.0. The molecule has 5 heteroatoms. The van der Waals surface area contributed by atoms with Gasteiger partial charge in [0.25, 0.3) is 0 Å². The second-order valence-corrected chi connectivity index (χ2v) is 5.56. The Hall–Kier alpha value is -1.97. The zero-order valence-corrected chi connectivity index (χ0v) is 12.7. The van der Waals surface area contributed by atoms with Crippen LogP contribution in [-0.2, 0) is 0 Å². The van der Waals surface area contributed by atoms with Gasteiger partial charge < -0.3 is 0 Å². The molecule has 0 aliphatic rings. The van der Waals surface area contributed by atoms with E-state index < -0.39 is 11.6 Å². The third kappa shape index (κ3) is 3.11. The number of halogens is 4. The quantitative estimate of drug-likeness (QED) is 0.559. The summed E-state index contributed by atoms with van der Waals surface area (Å²) in [6.07, 6.45) is 1.57. The number of pyridine rings is 1. The highest BCUT2D eigenvalue weighted by Crippen LogP contribution is 2.32. The Balaban J connectivity index is 2.09. The van der Waals surface area contributed by atoms with Crippen LogP contribution in [0.1, 0.15) is 0 Å². The third-order valence-electron chi connectivity index (χ3n) is 3.16. The summed E-state index contributed by atoms with van der Waals surface area (Å²) in [5, 5.41) is 1.03. The van der Waals surface area contributed by atoms with Crippen LogP contribution in [0.2, 0.25) is 10.0 Å². The van der Waals surface area contributed by atoms with Crippen LogP contribution in [0.25, 0.3) is 22.4 Å². The largest absolute Gasteiger partial charge is 0.256 e. The summed E-state index contributed by atoms with van der Waals surface area (Å²) in [6.45, 7) is 0. The molecular weight excluding hydrogens is 327 g/mol. The van der Waals surface area contributed by atoms with Crippen LogP contribution in [0, 0.1) is 11.6 Å². The summed E-state index contributed by atoms with van der Waals surface area (Å²) in [5.74, 6) is -1.29. The monoisotopic (exact) mass is 335 g/mol. The maximum Gasteiger partial charge on any atom is 0.126 e.